The van der Waals surface area contributed by atoms with Crippen LogP contribution in [0.5, 0.6) is 0 Å². The molecule has 0 radical (unpaired) electrons. The molecule has 2 atom stereocenters. The van der Waals surface area contributed by atoms with E-state index in [4.69, 9.17) is 5.11 Å². The molecule has 0 spiro atoms. The zero-order chi connectivity index (χ0) is 13.3. The zero-order valence-corrected chi connectivity index (χ0v) is 12.3. The van der Waals surface area contributed by atoms with Gasteiger partial charge in [-0.25, -0.2) is 0 Å². The summed E-state index contributed by atoms with van der Waals surface area (Å²) >= 11 is 1.60. The molecule has 0 aromatic heterocycles. The lowest BCUT2D eigenvalue weighted by Crippen LogP contribution is -2.34. The SMILES string of the molecule is CC(C)CCC(C)NC(=O)CSC(C)CCO. The number of carbonyl (C=O) groups excluding carboxylic acids is 1. The molecule has 0 fully saturated rings. The molecule has 0 aromatic rings. The number of thioether (sulfide) groups is 1. The van der Waals surface area contributed by atoms with E-state index >= 15 is 0 Å². The van der Waals surface area contributed by atoms with Gasteiger partial charge in [0.05, 0.1) is 5.75 Å². The summed E-state index contributed by atoms with van der Waals surface area (Å²) in [5.74, 6) is 1.29. The second-order valence-corrected chi connectivity index (χ2v) is 6.50. The molecule has 3 nitrogen and oxygen atoms in total. The van der Waals surface area contributed by atoms with E-state index in [0.29, 0.717) is 16.9 Å². The van der Waals surface area contributed by atoms with Crippen LogP contribution in [0.15, 0.2) is 0 Å². The van der Waals surface area contributed by atoms with Crippen LogP contribution in [0.2, 0.25) is 0 Å². The Kier molecular flexibility index (Phi) is 9.65. The summed E-state index contributed by atoms with van der Waals surface area (Å²) in [6.07, 6.45) is 2.94. The van der Waals surface area contributed by atoms with Crippen molar-refractivity contribution in [3.05, 3.63) is 0 Å². The monoisotopic (exact) mass is 261 g/mol. The molecule has 0 aliphatic rings. The van der Waals surface area contributed by atoms with Crippen LogP contribution in [0.3, 0.4) is 0 Å². The Morgan fingerprint density at radius 1 is 1.18 bits per heavy atom. The summed E-state index contributed by atoms with van der Waals surface area (Å²) < 4.78 is 0. The highest BCUT2D eigenvalue weighted by atomic mass is 32.2. The molecule has 0 bridgehead atoms. The minimum absolute atomic E-state index is 0.107. The van der Waals surface area contributed by atoms with Gasteiger partial charge in [0.1, 0.15) is 0 Å². The standard InChI is InChI=1S/C13H27NO2S/c1-10(2)5-6-11(3)14-13(16)9-17-12(4)7-8-15/h10-12,15H,5-9H2,1-4H3,(H,14,16). The van der Waals surface area contributed by atoms with E-state index in [1.807, 2.05) is 6.92 Å². The molecule has 0 saturated carbocycles. The molecular formula is C13H27NO2S. The van der Waals surface area contributed by atoms with E-state index in [1.54, 1.807) is 11.8 Å². The quantitative estimate of drug-likeness (QED) is 0.670. The second kappa shape index (κ2) is 9.77. The van der Waals surface area contributed by atoms with Gasteiger partial charge in [0.2, 0.25) is 5.91 Å². The number of carbonyl (C=O) groups is 1. The van der Waals surface area contributed by atoms with Crippen molar-refractivity contribution in [2.24, 2.45) is 5.92 Å². The fraction of sp³-hybridized carbons (Fsp3) is 0.923. The summed E-state index contributed by atoms with van der Waals surface area (Å²) in [6, 6.07) is 0.263. The van der Waals surface area contributed by atoms with E-state index in [9.17, 15) is 4.79 Å². The molecule has 0 aromatic carbocycles. The summed E-state index contributed by atoms with van der Waals surface area (Å²) in [5.41, 5.74) is 0. The molecule has 4 heteroatoms. The van der Waals surface area contributed by atoms with Crippen molar-refractivity contribution >= 4 is 17.7 Å². The summed E-state index contributed by atoms with van der Waals surface area (Å²) in [5, 5.41) is 12.1. The number of rotatable bonds is 9. The molecule has 0 saturated heterocycles. The first-order valence-electron chi connectivity index (χ1n) is 6.47. The van der Waals surface area contributed by atoms with E-state index in [-0.39, 0.29) is 18.6 Å². The summed E-state index contributed by atoms with van der Waals surface area (Å²) in [6.45, 7) is 8.68. The maximum atomic E-state index is 11.6. The third kappa shape index (κ3) is 10.6. The largest absolute Gasteiger partial charge is 0.396 e. The lowest BCUT2D eigenvalue weighted by atomic mass is 10.0. The van der Waals surface area contributed by atoms with Crippen LogP contribution in [-0.4, -0.2) is 34.7 Å². The van der Waals surface area contributed by atoms with Crippen molar-refractivity contribution in [2.75, 3.05) is 12.4 Å². The highest BCUT2D eigenvalue weighted by Crippen LogP contribution is 2.13. The number of aliphatic hydroxyl groups is 1. The second-order valence-electron chi connectivity index (χ2n) is 5.07. The third-order valence-electron chi connectivity index (χ3n) is 2.62. The van der Waals surface area contributed by atoms with Crippen LogP contribution in [-0.2, 0) is 4.79 Å². The van der Waals surface area contributed by atoms with Gasteiger partial charge in [-0.05, 0) is 32.1 Å². The number of hydrogen-bond acceptors (Lipinski definition) is 3. The molecule has 102 valence electrons. The first kappa shape index (κ1) is 16.8. The predicted octanol–water partition coefficient (Wildman–Crippen LogP) is 2.43. The smallest absolute Gasteiger partial charge is 0.230 e. The maximum absolute atomic E-state index is 11.6. The van der Waals surface area contributed by atoms with Crippen molar-refractivity contribution in [1.29, 1.82) is 0 Å². The fourth-order valence-corrected chi connectivity index (χ4v) is 2.25. The topological polar surface area (TPSA) is 49.3 Å². The number of nitrogens with one attached hydrogen (secondary N) is 1. The highest BCUT2D eigenvalue weighted by molar-refractivity contribution is 8.00. The summed E-state index contributed by atoms with van der Waals surface area (Å²) in [7, 11) is 0. The molecule has 0 rings (SSSR count). The first-order chi connectivity index (χ1) is 7.95. The Hall–Kier alpha value is -0.220. The molecule has 2 N–H and O–H groups in total. The van der Waals surface area contributed by atoms with Gasteiger partial charge in [-0.2, -0.15) is 0 Å². The van der Waals surface area contributed by atoms with Crippen LogP contribution in [0.4, 0.5) is 0 Å². The van der Waals surface area contributed by atoms with E-state index in [1.165, 1.54) is 0 Å². The normalized spacial score (nSPS) is 14.7. The molecule has 0 heterocycles. The minimum atomic E-state index is 0.107. The molecule has 0 aliphatic heterocycles. The van der Waals surface area contributed by atoms with Crippen molar-refractivity contribution in [2.45, 2.75) is 58.2 Å². The van der Waals surface area contributed by atoms with Crippen LogP contribution >= 0.6 is 11.8 Å². The van der Waals surface area contributed by atoms with Crippen molar-refractivity contribution in [1.82, 2.24) is 5.32 Å². The Morgan fingerprint density at radius 3 is 2.35 bits per heavy atom. The first-order valence-corrected chi connectivity index (χ1v) is 7.52. The van der Waals surface area contributed by atoms with Crippen LogP contribution < -0.4 is 5.32 Å². The van der Waals surface area contributed by atoms with Gasteiger partial charge in [-0.15, -0.1) is 11.8 Å². The lowest BCUT2D eigenvalue weighted by Gasteiger charge is -2.16. The zero-order valence-electron chi connectivity index (χ0n) is 11.5. The van der Waals surface area contributed by atoms with Gasteiger partial charge in [0.25, 0.3) is 0 Å². The number of aliphatic hydroxyl groups excluding tert-OH is 1. The Balaban J connectivity index is 3.63. The molecule has 0 aliphatic carbocycles. The predicted molar refractivity (Wildman–Crippen MR) is 75.3 cm³/mol. The third-order valence-corrected chi connectivity index (χ3v) is 3.85. The maximum Gasteiger partial charge on any atom is 0.230 e. The Bertz CT molecular complexity index is 210. The van der Waals surface area contributed by atoms with Crippen LogP contribution in [0, 0.1) is 5.92 Å². The van der Waals surface area contributed by atoms with Gasteiger partial charge in [0.15, 0.2) is 0 Å². The Labute approximate surface area is 110 Å². The minimum Gasteiger partial charge on any atom is -0.396 e. The number of hydrogen-bond donors (Lipinski definition) is 2. The highest BCUT2D eigenvalue weighted by Gasteiger charge is 2.10. The van der Waals surface area contributed by atoms with Crippen molar-refractivity contribution in [3.8, 4) is 0 Å². The molecule has 2 unspecified atom stereocenters. The van der Waals surface area contributed by atoms with Gasteiger partial charge in [-0.3, -0.25) is 4.79 Å². The molecule has 1 amide bonds. The Morgan fingerprint density at radius 2 is 1.82 bits per heavy atom. The van der Waals surface area contributed by atoms with E-state index < -0.39 is 0 Å². The van der Waals surface area contributed by atoms with Gasteiger partial charge in [0, 0.05) is 17.9 Å². The van der Waals surface area contributed by atoms with Gasteiger partial charge in [-0.1, -0.05) is 20.8 Å². The van der Waals surface area contributed by atoms with E-state index in [0.717, 1.165) is 19.3 Å². The van der Waals surface area contributed by atoms with Gasteiger partial charge < -0.3 is 10.4 Å². The van der Waals surface area contributed by atoms with Crippen molar-refractivity contribution < 1.29 is 9.90 Å². The summed E-state index contributed by atoms with van der Waals surface area (Å²) in [4.78, 5) is 11.6. The fourth-order valence-electron chi connectivity index (χ4n) is 1.46. The van der Waals surface area contributed by atoms with E-state index in [2.05, 4.69) is 26.1 Å². The van der Waals surface area contributed by atoms with Crippen LogP contribution in [0.25, 0.3) is 0 Å². The van der Waals surface area contributed by atoms with Gasteiger partial charge >= 0.3 is 0 Å². The van der Waals surface area contributed by atoms with Crippen molar-refractivity contribution in [3.63, 3.8) is 0 Å². The molecular weight excluding hydrogens is 234 g/mol. The lowest BCUT2D eigenvalue weighted by molar-refractivity contribution is -0.119. The molecule has 17 heavy (non-hydrogen) atoms. The average Bonchev–Trinajstić information content (AvgIpc) is 2.24. The number of amides is 1. The average molecular weight is 261 g/mol. The van der Waals surface area contributed by atoms with Crippen LogP contribution in [0.1, 0.15) is 47.0 Å².